The van der Waals surface area contributed by atoms with E-state index >= 15 is 0 Å². The molecule has 7 heteroatoms. The van der Waals surface area contributed by atoms with E-state index in [4.69, 9.17) is 11.6 Å². The monoisotopic (exact) mass is 376 g/mol. The number of aromatic hydroxyl groups is 1. The highest BCUT2D eigenvalue weighted by Crippen LogP contribution is 2.37. The van der Waals surface area contributed by atoms with Gasteiger partial charge in [-0.25, -0.2) is 8.42 Å². The molecule has 1 heterocycles. The number of nitrogens with zero attached hydrogens (tertiary/aromatic N) is 2. The third-order valence-electron chi connectivity index (χ3n) is 4.27. The van der Waals surface area contributed by atoms with Crippen molar-refractivity contribution >= 4 is 32.5 Å². The van der Waals surface area contributed by atoms with E-state index in [1.807, 2.05) is 37.3 Å². The number of aromatic nitrogens is 1. The van der Waals surface area contributed by atoms with E-state index in [0.717, 1.165) is 5.56 Å². The van der Waals surface area contributed by atoms with Gasteiger partial charge in [0.1, 0.15) is 5.52 Å². The number of hydrogen-bond acceptors (Lipinski definition) is 4. The smallest absolute Gasteiger partial charge is 0.244 e. The van der Waals surface area contributed by atoms with Crippen LogP contribution in [0.25, 0.3) is 10.9 Å². The molecule has 0 aliphatic heterocycles. The van der Waals surface area contributed by atoms with Crippen molar-refractivity contribution in [1.82, 2.24) is 9.29 Å². The first-order valence-corrected chi connectivity index (χ1v) is 9.45. The van der Waals surface area contributed by atoms with Crippen molar-refractivity contribution in [3.8, 4) is 5.75 Å². The lowest BCUT2D eigenvalue weighted by Crippen LogP contribution is -2.30. The highest BCUT2D eigenvalue weighted by Gasteiger charge is 2.29. The van der Waals surface area contributed by atoms with Gasteiger partial charge in [0.2, 0.25) is 10.0 Å². The van der Waals surface area contributed by atoms with E-state index in [2.05, 4.69) is 4.98 Å². The van der Waals surface area contributed by atoms with Crippen molar-refractivity contribution in [3.05, 3.63) is 65.3 Å². The Labute approximate surface area is 151 Å². The molecule has 2 aromatic carbocycles. The van der Waals surface area contributed by atoms with Gasteiger partial charge in [0.25, 0.3) is 0 Å². The summed E-state index contributed by atoms with van der Waals surface area (Å²) in [6.07, 6.45) is 1.48. The van der Waals surface area contributed by atoms with Crippen LogP contribution < -0.4 is 0 Å². The molecule has 1 aromatic heterocycles. The Kier molecular flexibility index (Phi) is 4.69. The minimum Gasteiger partial charge on any atom is -0.504 e. The fraction of sp³-hybridized carbons (Fsp3) is 0.167. The van der Waals surface area contributed by atoms with Crippen molar-refractivity contribution in [2.75, 3.05) is 7.05 Å². The molecular formula is C18H17ClN2O3S. The zero-order chi connectivity index (χ0) is 18.2. The average molecular weight is 377 g/mol. The lowest BCUT2D eigenvalue weighted by Gasteiger charge is -2.25. The standard InChI is InChI=1S/C18H17ClN2O3S/c1-12(13-7-4-3-5-8-13)21(2)25(23,24)16-11-15(19)18(22)17-14(16)9-6-10-20-17/h3-12,22H,1-2H3/t12-/m1/s1. The number of sulfonamides is 1. The van der Waals surface area contributed by atoms with Crippen LogP contribution in [0.1, 0.15) is 18.5 Å². The van der Waals surface area contributed by atoms with Crippen molar-refractivity contribution in [3.63, 3.8) is 0 Å². The molecule has 0 aliphatic rings. The molecule has 130 valence electrons. The molecule has 3 rings (SSSR count). The molecule has 0 unspecified atom stereocenters. The van der Waals surface area contributed by atoms with Crippen LogP contribution in [0.2, 0.25) is 5.02 Å². The number of halogens is 1. The van der Waals surface area contributed by atoms with Crippen molar-refractivity contribution in [2.24, 2.45) is 0 Å². The largest absolute Gasteiger partial charge is 0.504 e. The molecular weight excluding hydrogens is 360 g/mol. The molecule has 3 aromatic rings. The Balaban J connectivity index is 2.15. The Hall–Kier alpha value is -2.15. The molecule has 1 atom stereocenters. The van der Waals surface area contributed by atoms with Crippen LogP contribution in [0.15, 0.2) is 59.6 Å². The molecule has 1 N–H and O–H groups in total. The summed E-state index contributed by atoms with van der Waals surface area (Å²) < 4.78 is 27.7. The minimum atomic E-state index is -3.85. The molecule has 0 radical (unpaired) electrons. The third kappa shape index (κ3) is 3.08. The van der Waals surface area contributed by atoms with E-state index in [-0.39, 0.29) is 27.2 Å². The van der Waals surface area contributed by atoms with Gasteiger partial charge in [0.05, 0.1) is 9.92 Å². The molecule has 5 nitrogen and oxygen atoms in total. The third-order valence-corrected chi connectivity index (χ3v) is 6.52. The first-order chi connectivity index (χ1) is 11.8. The van der Waals surface area contributed by atoms with Crippen LogP contribution in [-0.2, 0) is 10.0 Å². The average Bonchev–Trinajstić information content (AvgIpc) is 2.64. The number of phenols is 1. The summed E-state index contributed by atoms with van der Waals surface area (Å²) in [6, 6.07) is 13.5. The summed E-state index contributed by atoms with van der Waals surface area (Å²) in [5.41, 5.74) is 1.04. The van der Waals surface area contributed by atoms with Gasteiger partial charge in [-0.15, -0.1) is 0 Å². The van der Waals surface area contributed by atoms with Crippen molar-refractivity contribution in [2.45, 2.75) is 17.9 Å². The summed E-state index contributed by atoms with van der Waals surface area (Å²) in [5, 5.41) is 10.4. The van der Waals surface area contributed by atoms with Crippen LogP contribution in [0, 0.1) is 0 Å². The lowest BCUT2D eigenvalue weighted by molar-refractivity contribution is 0.399. The fourth-order valence-electron chi connectivity index (χ4n) is 2.69. The van der Waals surface area contributed by atoms with E-state index in [9.17, 15) is 13.5 Å². The number of rotatable bonds is 4. The Morgan fingerprint density at radius 1 is 1.16 bits per heavy atom. The highest BCUT2D eigenvalue weighted by atomic mass is 35.5. The first-order valence-electron chi connectivity index (χ1n) is 7.63. The van der Waals surface area contributed by atoms with Gasteiger partial charge in [-0.2, -0.15) is 4.31 Å². The summed E-state index contributed by atoms with van der Waals surface area (Å²) in [5.74, 6) is -0.227. The predicted molar refractivity (Wildman–Crippen MR) is 98.2 cm³/mol. The fourth-order valence-corrected chi connectivity index (χ4v) is 4.51. The van der Waals surface area contributed by atoms with Crippen LogP contribution in [0.4, 0.5) is 0 Å². The topological polar surface area (TPSA) is 70.5 Å². The number of fused-ring (bicyclic) bond motifs is 1. The molecule has 0 saturated heterocycles. The number of pyridine rings is 1. The van der Waals surface area contributed by atoms with Gasteiger partial charge in [-0.1, -0.05) is 41.9 Å². The minimum absolute atomic E-state index is 0.0173. The summed E-state index contributed by atoms with van der Waals surface area (Å²) in [7, 11) is -2.33. The second kappa shape index (κ2) is 6.63. The molecule has 0 spiro atoms. The zero-order valence-corrected chi connectivity index (χ0v) is 15.3. The zero-order valence-electron chi connectivity index (χ0n) is 13.7. The number of benzene rings is 2. The van der Waals surface area contributed by atoms with Crippen LogP contribution in [0.5, 0.6) is 5.75 Å². The second-order valence-electron chi connectivity index (χ2n) is 5.71. The van der Waals surface area contributed by atoms with Gasteiger partial charge in [0, 0.05) is 24.7 Å². The van der Waals surface area contributed by atoms with Crippen molar-refractivity contribution < 1.29 is 13.5 Å². The van der Waals surface area contributed by atoms with Crippen molar-refractivity contribution in [1.29, 1.82) is 0 Å². The Morgan fingerprint density at radius 3 is 2.52 bits per heavy atom. The molecule has 25 heavy (non-hydrogen) atoms. The molecule has 0 amide bonds. The molecule has 0 bridgehead atoms. The molecule has 0 saturated carbocycles. The van der Waals surface area contributed by atoms with Gasteiger partial charge < -0.3 is 5.11 Å². The second-order valence-corrected chi connectivity index (χ2v) is 8.09. The van der Waals surface area contributed by atoms with Gasteiger partial charge in [-0.3, -0.25) is 4.98 Å². The first kappa shape index (κ1) is 17.7. The normalized spacial score (nSPS) is 13.3. The van der Waals surface area contributed by atoms with E-state index in [0.29, 0.717) is 5.39 Å². The number of hydrogen-bond donors (Lipinski definition) is 1. The van der Waals surface area contributed by atoms with Gasteiger partial charge in [0.15, 0.2) is 5.75 Å². The quantitative estimate of drug-likeness (QED) is 0.747. The molecule has 0 aliphatic carbocycles. The lowest BCUT2D eigenvalue weighted by atomic mass is 10.1. The maximum Gasteiger partial charge on any atom is 0.244 e. The SMILES string of the molecule is C[C@H](c1ccccc1)N(C)S(=O)(=O)c1cc(Cl)c(O)c2ncccc12. The summed E-state index contributed by atoms with van der Waals surface area (Å²) in [4.78, 5) is 4.08. The van der Waals surface area contributed by atoms with Crippen LogP contribution in [-0.4, -0.2) is 29.9 Å². The Morgan fingerprint density at radius 2 is 1.84 bits per heavy atom. The van der Waals surface area contributed by atoms with E-state index in [1.165, 1.54) is 23.6 Å². The van der Waals surface area contributed by atoms with Gasteiger partial charge in [-0.05, 0) is 30.7 Å². The van der Waals surface area contributed by atoms with Crippen LogP contribution >= 0.6 is 11.6 Å². The van der Waals surface area contributed by atoms with E-state index < -0.39 is 10.0 Å². The van der Waals surface area contributed by atoms with E-state index in [1.54, 1.807) is 12.1 Å². The van der Waals surface area contributed by atoms with Gasteiger partial charge >= 0.3 is 0 Å². The Bertz CT molecular complexity index is 1020. The summed E-state index contributed by atoms with van der Waals surface area (Å²) >= 11 is 6.03. The maximum absolute atomic E-state index is 13.2. The summed E-state index contributed by atoms with van der Waals surface area (Å²) in [6.45, 7) is 1.81. The highest BCUT2D eigenvalue weighted by molar-refractivity contribution is 7.89. The maximum atomic E-state index is 13.2. The molecule has 0 fully saturated rings. The van der Waals surface area contributed by atoms with Crippen LogP contribution in [0.3, 0.4) is 0 Å². The number of phenolic OH excluding ortho intramolecular Hbond substituents is 1. The predicted octanol–water partition coefficient (Wildman–Crippen LogP) is 3.98.